The summed E-state index contributed by atoms with van der Waals surface area (Å²) in [6.07, 6.45) is 1.81. The molecule has 0 radical (unpaired) electrons. The van der Waals surface area contributed by atoms with Gasteiger partial charge in [-0.2, -0.15) is 0 Å². The Morgan fingerprint density at radius 3 is 3.00 bits per heavy atom. The Kier molecular flexibility index (Phi) is 3.84. The second-order valence-electron chi connectivity index (χ2n) is 4.86. The lowest BCUT2D eigenvalue weighted by molar-refractivity contribution is -0.145. The maximum Gasteiger partial charge on any atom is 0.308 e. The van der Waals surface area contributed by atoms with Crippen LogP contribution in [0.25, 0.3) is 0 Å². The second-order valence-corrected chi connectivity index (χ2v) is 5.98. The predicted octanol–water partition coefficient (Wildman–Crippen LogP) is 2.74. The number of thiophene rings is 1. The number of hydrogen-bond donors (Lipinski definition) is 1. The minimum Gasteiger partial charge on any atom is -0.481 e. The fraction of sp³-hybridized carbons (Fsp3) is 0.615. The van der Waals surface area contributed by atoms with Gasteiger partial charge in [0.2, 0.25) is 0 Å². The normalized spacial score (nSPS) is 26.0. The molecule has 0 bridgehead atoms. The van der Waals surface area contributed by atoms with E-state index in [1.54, 1.807) is 11.3 Å². The number of likely N-dealkylation sites (tertiary alicyclic amines) is 1. The molecule has 1 N–H and O–H groups in total. The quantitative estimate of drug-likeness (QED) is 0.900. The van der Waals surface area contributed by atoms with Crippen molar-refractivity contribution in [2.24, 2.45) is 5.92 Å². The molecule has 0 aliphatic carbocycles. The maximum absolute atomic E-state index is 11.1. The first-order valence-corrected chi connectivity index (χ1v) is 6.97. The minimum atomic E-state index is -0.649. The average Bonchev–Trinajstić information content (AvgIpc) is 2.67. The van der Waals surface area contributed by atoms with Gasteiger partial charge < -0.3 is 5.11 Å². The third-order valence-corrected chi connectivity index (χ3v) is 4.52. The molecule has 94 valence electrons. The summed E-state index contributed by atoms with van der Waals surface area (Å²) in [5.74, 6) is -0.854. The molecule has 2 rings (SSSR count). The van der Waals surface area contributed by atoms with Crippen LogP contribution in [0.5, 0.6) is 0 Å². The van der Waals surface area contributed by atoms with Crippen LogP contribution in [0.15, 0.2) is 11.4 Å². The molecule has 0 spiro atoms. The largest absolute Gasteiger partial charge is 0.481 e. The molecule has 1 fully saturated rings. The summed E-state index contributed by atoms with van der Waals surface area (Å²) in [6.45, 7) is 6.04. The number of carboxylic acid groups (broad SMARTS) is 1. The zero-order valence-corrected chi connectivity index (χ0v) is 11.2. The van der Waals surface area contributed by atoms with Crippen LogP contribution >= 0.6 is 11.3 Å². The summed E-state index contributed by atoms with van der Waals surface area (Å²) >= 11 is 1.76. The fourth-order valence-corrected chi connectivity index (χ4v) is 3.28. The lowest BCUT2D eigenvalue weighted by Gasteiger charge is -2.37. The van der Waals surface area contributed by atoms with Crippen LogP contribution in [0.2, 0.25) is 0 Å². The van der Waals surface area contributed by atoms with Crippen molar-refractivity contribution >= 4 is 17.3 Å². The van der Waals surface area contributed by atoms with Crippen LogP contribution in [0, 0.1) is 12.8 Å². The number of carboxylic acids is 1. The van der Waals surface area contributed by atoms with Crippen LogP contribution in [-0.2, 0) is 11.3 Å². The Bertz CT molecular complexity index is 402. The molecular weight excluding hydrogens is 234 g/mol. The van der Waals surface area contributed by atoms with Crippen LogP contribution < -0.4 is 0 Å². The topological polar surface area (TPSA) is 40.5 Å². The highest BCUT2D eigenvalue weighted by Crippen LogP contribution is 2.26. The van der Waals surface area contributed by atoms with Crippen LogP contribution in [-0.4, -0.2) is 28.6 Å². The van der Waals surface area contributed by atoms with Crippen LogP contribution in [0.4, 0.5) is 0 Å². The lowest BCUT2D eigenvalue weighted by atomic mass is 9.90. The van der Waals surface area contributed by atoms with Crippen molar-refractivity contribution < 1.29 is 9.90 Å². The highest BCUT2D eigenvalue weighted by atomic mass is 32.1. The van der Waals surface area contributed by atoms with Gasteiger partial charge in [0.15, 0.2) is 0 Å². The number of hydrogen-bond acceptors (Lipinski definition) is 3. The Morgan fingerprint density at radius 2 is 2.41 bits per heavy atom. The van der Waals surface area contributed by atoms with E-state index in [4.69, 9.17) is 0 Å². The Hall–Kier alpha value is -0.870. The van der Waals surface area contributed by atoms with Crippen molar-refractivity contribution in [3.8, 4) is 0 Å². The summed E-state index contributed by atoms with van der Waals surface area (Å²) in [6, 6.07) is 2.34. The number of rotatable bonds is 3. The van der Waals surface area contributed by atoms with Crippen molar-refractivity contribution in [2.45, 2.75) is 39.3 Å². The summed E-state index contributed by atoms with van der Waals surface area (Å²) in [5, 5.41) is 11.3. The molecule has 3 nitrogen and oxygen atoms in total. The first-order chi connectivity index (χ1) is 8.08. The maximum atomic E-state index is 11.1. The molecular formula is C13H19NO2S. The van der Waals surface area contributed by atoms with Gasteiger partial charge in [-0.05, 0) is 50.2 Å². The van der Waals surface area contributed by atoms with Gasteiger partial charge in [0.25, 0.3) is 0 Å². The average molecular weight is 253 g/mol. The summed E-state index contributed by atoms with van der Waals surface area (Å²) < 4.78 is 0. The SMILES string of the molecule is Cc1cc(CN2CCC[C@@H](C(=O)O)[C@H]2C)cs1. The summed E-state index contributed by atoms with van der Waals surface area (Å²) in [7, 11) is 0. The van der Waals surface area contributed by atoms with E-state index in [0.29, 0.717) is 0 Å². The third kappa shape index (κ3) is 2.87. The first kappa shape index (κ1) is 12.6. The highest BCUT2D eigenvalue weighted by Gasteiger charge is 2.32. The lowest BCUT2D eigenvalue weighted by Crippen LogP contribution is -2.45. The second kappa shape index (κ2) is 5.19. The zero-order valence-electron chi connectivity index (χ0n) is 10.3. The van der Waals surface area contributed by atoms with Crippen LogP contribution in [0.1, 0.15) is 30.2 Å². The smallest absolute Gasteiger partial charge is 0.308 e. The molecule has 2 atom stereocenters. The van der Waals surface area contributed by atoms with Gasteiger partial charge in [-0.25, -0.2) is 0 Å². The third-order valence-electron chi connectivity index (χ3n) is 3.61. The molecule has 1 aliphatic rings. The molecule has 1 aliphatic heterocycles. The molecule has 0 amide bonds. The Morgan fingerprint density at radius 1 is 1.65 bits per heavy atom. The fourth-order valence-electron chi connectivity index (χ4n) is 2.58. The Labute approximate surface area is 106 Å². The number of aliphatic carboxylic acids is 1. The minimum absolute atomic E-state index is 0.140. The van der Waals surface area contributed by atoms with Crippen molar-refractivity contribution in [2.75, 3.05) is 6.54 Å². The first-order valence-electron chi connectivity index (χ1n) is 6.09. The van der Waals surface area contributed by atoms with E-state index in [1.165, 1.54) is 10.4 Å². The van der Waals surface area contributed by atoms with Crippen molar-refractivity contribution in [1.29, 1.82) is 0 Å². The number of nitrogens with zero attached hydrogens (tertiary/aromatic N) is 1. The van der Waals surface area contributed by atoms with E-state index < -0.39 is 5.97 Å². The molecule has 1 aromatic heterocycles. The van der Waals surface area contributed by atoms with E-state index in [-0.39, 0.29) is 12.0 Å². The molecule has 0 saturated carbocycles. The summed E-state index contributed by atoms with van der Waals surface area (Å²) in [4.78, 5) is 14.8. The van der Waals surface area contributed by atoms with Gasteiger partial charge in [-0.15, -0.1) is 11.3 Å². The van der Waals surface area contributed by atoms with E-state index in [0.717, 1.165) is 25.9 Å². The van der Waals surface area contributed by atoms with Crippen molar-refractivity contribution in [3.63, 3.8) is 0 Å². The van der Waals surface area contributed by atoms with Gasteiger partial charge in [0.1, 0.15) is 0 Å². The molecule has 0 aromatic carbocycles. The molecule has 17 heavy (non-hydrogen) atoms. The van der Waals surface area contributed by atoms with E-state index in [9.17, 15) is 9.90 Å². The zero-order chi connectivity index (χ0) is 12.4. The number of carbonyl (C=O) groups is 1. The molecule has 4 heteroatoms. The van der Waals surface area contributed by atoms with Gasteiger partial charge in [0, 0.05) is 17.5 Å². The molecule has 0 unspecified atom stereocenters. The van der Waals surface area contributed by atoms with Crippen LogP contribution in [0.3, 0.4) is 0 Å². The summed E-state index contributed by atoms with van der Waals surface area (Å²) in [5.41, 5.74) is 1.31. The van der Waals surface area contributed by atoms with E-state index in [1.807, 2.05) is 6.92 Å². The molecule has 1 saturated heterocycles. The van der Waals surface area contributed by atoms with E-state index in [2.05, 4.69) is 23.3 Å². The number of piperidine rings is 1. The van der Waals surface area contributed by atoms with Crippen molar-refractivity contribution in [1.82, 2.24) is 4.90 Å². The predicted molar refractivity (Wildman–Crippen MR) is 69.3 cm³/mol. The molecule has 2 heterocycles. The van der Waals surface area contributed by atoms with E-state index >= 15 is 0 Å². The number of aryl methyl sites for hydroxylation is 1. The standard InChI is InChI=1S/C13H19NO2S/c1-9-6-11(8-17-9)7-14-5-3-4-12(10(14)2)13(15)16/h6,8,10,12H,3-5,7H2,1-2H3,(H,15,16)/t10-,12-/m1/s1. The highest BCUT2D eigenvalue weighted by molar-refractivity contribution is 7.10. The Balaban J connectivity index is 2.03. The molecule has 1 aromatic rings. The van der Waals surface area contributed by atoms with Gasteiger partial charge >= 0.3 is 5.97 Å². The van der Waals surface area contributed by atoms with Gasteiger partial charge in [-0.1, -0.05) is 0 Å². The monoisotopic (exact) mass is 253 g/mol. The van der Waals surface area contributed by atoms with Gasteiger partial charge in [-0.3, -0.25) is 9.69 Å². The van der Waals surface area contributed by atoms with Gasteiger partial charge in [0.05, 0.1) is 5.92 Å². The van der Waals surface area contributed by atoms with Crippen molar-refractivity contribution in [3.05, 3.63) is 21.9 Å².